The fourth-order valence-corrected chi connectivity index (χ4v) is 0. The third-order valence-corrected chi connectivity index (χ3v) is 0.623. The van der Waals surface area contributed by atoms with E-state index < -0.39 is 20.3 Å². The quantitative estimate of drug-likeness (QED) is 0.627. The van der Waals surface area contributed by atoms with Crippen LogP contribution in [-0.2, 0) is 3.28 Å². The number of halogens is 3. The molecule has 0 saturated heterocycles. The number of hydrogen-bond acceptors (Lipinski definition) is 2. The number of rotatable bonds is 1. The molecule has 0 unspecified atom stereocenters. The summed E-state index contributed by atoms with van der Waals surface area (Å²) in [7, 11) is 0. The zero-order valence-corrected chi connectivity index (χ0v) is 5.34. The molecule has 0 atom stereocenters. The first-order chi connectivity index (χ1) is 2.56. The molecule has 0 spiro atoms. The van der Waals surface area contributed by atoms with E-state index in [2.05, 4.69) is 0 Å². The van der Waals surface area contributed by atoms with Crippen LogP contribution in [0, 0.1) is 0 Å². The molecule has 0 aromatic carbocycles. The molecule has 2 nitrogen and oxygen atoms in total. The normalized spacial score (nSPS) is 12.0. The Balaban J connectivity index is 3.17. The van der Waals surface area contributed by atoms with Gasteiger partial charge in [-0.05, 0) is 0 Å². The first kappa shape index (κ1) is 6.51. The van der Waals surface area contributed by atoms with Crippen LogP contribution in [0.5, 0.6) is 0 Å². The van der Waals surface area contributed by atoms with Crippen molar-refractivity contribution in [1.82, 2.24) is 0 Å². The summed E-state index contributed by atoms with van der Waals surface area (Å²) in [6.07, 6.45) is 0. The van der Waals surface area contributed by atoms with Gasteiger partial charge in [0.15, 0.2) is 0 Å². The van der Waals surface area contributed by atoms with Gasteiger partial charge in [-0.1, -0.05) is 0 Å². The molecular weight excluding hydrogens is 208 g/mol. The van der Waals surface area contributed by atoms with Crippen molar-refractivity contribution in [1.29, 1.82) is 0 Å². The average molecular weight is 209 g/mol. The number of hydrogen-bond donors (Lipinski definition) is 1. The van der Waals surface area contributed by atoms with E-state index in [1.165, 1.54) is 0 Å². The summed E-state index contributed by atoms with van der Waals surface area (Å²) in [5, 5.41) is 0. The first-order valence-electron chi connectivity index (χ1n) is 0.960. The summed E-state index contributed by atoms with van der Waals surface area (Å²) in [5.74, 6) is 0. The van der Waals surface area contributed by atoms with Crippen LogP contribution in [0.3, 0.4) is 0 Å². The van der Waals surface area contributed by atoms with Crippen molar-refractivity contribution in [2.45, 2.75) is 0 Å². The van der Waals surface area contributed by atoms with E-state index in [1.54, 1.807) is 0 Å². The van der Waals surface area contributed by atoms with Crippen LogP contribution in [0.25, 0.3) is 0 Å². The second kappa shape index (κ2) is 1.99. The van der Waals surface area contributed by atoms with E-state index in [0.717, 1.165) is 0 Å². The Morgan fingerprint density at radius 2 is 1.67 bits per heavy atom. The Hall–Kier alpha value is 0.509. The van der Waals surface area contributed by atoms with Crippen molar-refractivity contribution in [2.75, 3.05) is 0 Å². The molecular formula is HF3O2Sn. The van der Waals surface area contributed by atoms with Gasteiger partial charge < -0.3 is 0 Å². The zero-order valence-electron chi connectivity index (χ0n) is 2.49. The molecule has 38 valence electrons. The van der Waals surface area contributed by atoms with Crippen LogP contribution in [0.15, 0.2) is 0 Å². The van der Waals surface area contributed by atoms with Crippen LogP contribution in [-0.4, -0.2) is 23.8 Å². The predicted octanol–water partition coefficient (Wildman–Crippen LogP) is 0.254. The first-order valence-corrected chi connectivity index (χ1v) is 5.56. The van der Waals surface area contributed by atoms with Gasteiger partial charge in [-0.3, -0.25) is 0 Å². The second-order valence-corrected chi connectivity index (χ2v) is 3.78. The van der Waals surface area contributed by atoms with Crippen molar-refractivity contribution < 1.29 is 17.0 Å². The maximum absolute atomic E-state index is 10.6. The van der Waals surface area contributed by atoms with Crippen molar-refractivity contribution in [3.63, 3.8) is 0 Å². The third kappa shape index (κ3) is 4.51. The summed E-state index contributed by atoms with van der Waals surface area (Å²) in [6, 6.07) is 0. The van der Waals surface area contributed by atoms with Crippen LogP contribution in [0.4, 0.5) is 10.3 Å². The molecule has 0 heterocycles. The topological polar surface area (TPSA) is 29.5 Å². The van der Waals surface area contributed by atoms with Gasteiger partial charge in [0, 0.05) is 0 Å². The summed E-state index contributed by atoms with van der Waals surface area (Å²) < 4.78 is 40.3. The van der Waals surface area contributed by atoms with Gasteiger partial charge in [-0.2, -0.15) is 0 Å². The van der Waals surface area contributed by atoms with E-state index in [0.29, 0.717) is 0 Å². The minimum atomic E-state index is -6.40. The minimum absolute atomic E-state index is 1.87. The van der Waals surface area contributed by atoms with Gasteiger partial charge in [0.05, 0.1) is 0 Å². The Morgan fingerprint density at radius 1 is 1.50 bits per heavy atom. The van der Waals surface area contributed by atoms with Crippen LogP contribution < -0.4 is 0 Å². The van der Waals surface area contributed by atoms with Crippen molar-refractivity contribution in [3.8, 4) is 0 Å². The van der Waals surface area contributed by atoms with Crippen LogP contribution in [0.2, 0.25) is 0 Å². The molecule has 0 amide bonds. The predicted molar refractivity (Wildman–Crippen MR) is 12.4 cm³/mol. The molecule has 0 aliphatic heterocycles. The summed E-state index contributed by atoms with van der Waals surface area (Å²) in [4.78, 5) is 0. The Morgan fingerprint density at radius 3 is 1.67 bits per heavy atom. The van der Waals surface area contributed by atoms with E-state index in [4.69, 9.17) is 3.44 Å². The van der Waals surface area contributed by atoms with Gasteiger partial charge in [-0.25, -0.2) is 0 Å². The SMILES string of the molecule is [OH][Sn]([F])([F])[O]F. The Bertz CT molecular complexity index is 38.5. The van der Waals surface area contributed by atoms with Crippen LogP contribution >= 0.6 is 0 Å². The molecule has 0 rings (SSSR count). The Kier molecular flexibility index (Phi) is 2.15. The molecule has 0 aromatic heterocycles. The third-order valence-electron chi connectivity index (χ3n) is 0.0928. The van der Waals surface area contributed by atoms with Crippen molar-refractivity contribution in [2.24, 2.45) is 0 Å². The van der Waals surface area contributed by atoms with E-state index in [9.17, 15) is 10.3 Å². The summed E-state index contributed by atoms with van der Waals surface area (Å²) >= 11 is -6.40. The molecule has 0 aliphatic carbocycles. The zero-order chi connectivity index (χ0) is 5.21. The van der Waals surface area contributed by atoms with E-state index >= 15 is 0 Å². The molecule has 0 aromatic rings. The average Bonchev–Trinajstić information content (AvgIpc) is 1.35. The van der Waals surface area contributed by atoms with Gasteiger partial charge in [0.25, 0.3) is 0 Å². The molecule has 6 heteroatoms. The fourth-order valence-electron chi connectivity index (χ4n) is 0. The summed E-state index contributed by atoms with van der Waals surface area (Å²) in [6.45, 7) is 0. The van der Waals surface area contributed by atoms with Gasteiger partial charge in [0.1, 0.15) is 0 Å². The van der Waals surface area contributed by atoms with Crippen molar-refractivity contribution in [3.05, 3.63) is 0 Å². The molecule has 6 heavy (non-hydrogen) atoms. The molecule has 0 aliphatic rings. The van der Waals surface area contributed by atoms with Gasteiger partial charge in [0.2, 0.25) is 0 Å². The van der Waals surface area contributed by atoms with Crippen molar-refractivity contribution >= 4 is 20.3 Å². The molecule has 0 bridgehead atoms. The van der Waals surface area contributed by atoms with Gasteiger partial charge in [-0.15, -0.1) is 0 Å². The molecule has 1 N–H and O–H groups in total. The monoisotopic (exact) mass is 210 g/mol. The van der Waals surface area contributed by atoms with E-state index in [-0.39, 0.29) is 0 Å². The molecule has 0 radical (unpaired) electrons. The molecule has 0 fully saturated rings. The van der Waals surface area contributed by atoms with Crippen LogP contribution in [0.1, 0.15) is 0 Å². The van der Waals surface area contributed by atoms with Gasteiger partial charge >= 0.3 is 37.3 Å². The second-order valence-electron chi connectivity index (χ2n) is 0.563. The van der Waals surface area contributed by atoms with E-state index in [1.807, 2.05) is 3.28 Å². The Labute approximate surface area is 38.0 Å². The standard InChI is InChI=1S/FO.2FH.H2O.Sn/c1-2;;;;/h;2*1H;1H2;/q-1;;;;+4/p-3. The molecule has 0 saturated carbocycles. The fraction of sp³-hybridized carbons (Fsp3) is 0. The summed E-state index contributed by atoms with van der Waals surface area (Å²) in [5.41, 5.74) is 0. The maximum atomic E-state index is 10.6.